The zero-order chi connectivity index (χ0) is 13.4. The van der Waals surface area contributed by atoms with Crippen LogP contribution in [-0.4, -0.2) is 0 Å². The van der Waals surface area contributed by atoms with E-state index in [1.807, 2.05) is 18.2 Å². The van der Waals surface area contributed by atoms with Crippen LogP contribution in [-0.2, 0) is 0 Å². The summed E-state index contributed by atoms with van der Waals surface area (Å²) < 4.78 is 6.41. The number of benzene rings is 2. The Labute approximate surface area is 117 Å². The summed E-state index contributed by atoms with van der Waals surface area (Å²) in [6, 6.07) is 12.5. The maximum atomic E-state index is 12.4. The molecule has 2 aromatic carbocycles. The van der Waals surface area contributed by atoms with Crippen molar-refractivity contribution in [3.8, 4) is 11.1 Å². The van der Waals surface area contributed by atoms with Crippen LogP contribution in [0.2, 0.25) is 0 Å². The van der Waals surface area contributed by atoms with Gasteiger partial charge in [0.25, 0.3) is 0 Å². The van der Waals surface area contributed by atoms with Gasteiger partial charge in [-0.1, -0.05) is 28.1 Å². The van der Waals surface area contributed by atoms with Crippen molar-refractivity contribution in [2.24, 2.45) is 0 Å². The first-order chi connectivity index (χ1) is 9.15. The van der Waals surface area contributed by atoms with Gasteiger partial charge in [0.15, 0.2) is 5.43 Å². The second-order valence-corrected chi connectivity index (χ2v) is 5.16. The molecule has 0 fully saturated rings. The molecule has 0 radical (unpaired) electrons. The number of hydrogen-bond donors (Lipinski definition) is 1. The smallest absolute Gasteiger partial charge is 0.200 e. The van der Waals surface area contributed by atoms with Crippen molar-refractivity contribution in [3.63, 3.8) is 0 Å². The summed E-state index contributed by atoms with van der Waals surface area (Å²) in [5.74, 6) is 0. The first-order valence-corrected chi connectivity index (χ1v) is 6.51. The normalized spacial score (nSPS) is 10.8. The van der Waals surface area contributed by atoms with E-state index in [0.717, 1.165) is 10.0 Å². The molecule has 4 heteroatoms. The molecule has 0 atom stereocenters. The highest BCUT2D eigenvalue weighted by molar-refractivity contribution is 9.10. The van der Waals surface area contributed by atoms with E-state index >= 15 is 0 Å². The predicted molar refractivity (Wildman–Crippen MR) is 80.0 cm³/mol. The fourth-order valence-electron chi connectivity index (χ4n) is 1.96. The zero-order valence-electron chi connectivity index (χ0n) is 9.89. The number of nitrogen functional groups attached to an aromatic ring is 1. The van der Waals surface area contributed by atoms with Crippen LogP contribution in [0.4, 0.5) is 5.69 Å². The molecule has 0 amide bonds. The fourth-order valence-corrected chi connectivity index (χ4v) is 2.30. The fraction of sp³-hybridized carbons (Fsp3) is 0. The molecule has 1 heterocycles. The molecule has 1 aromatic heterocycles. The predicted octanol–water partition coefficient (Wildman–Crippen LogP) is 3.80. The topological polar surface area (TPSA) is 56.2 Å². The van der Waals surface area contributed by atoms with Gasteiger partial charge in [-0.05, 0) is 35.9 Å². The molecule has 0 aliphatic rings. The summed E-state index contributed by atoms with van der Waals surface area (Å²) in [5, 5.41) is 0.567. The molecule has 0 saturated heterocycles. The van der Waals surface area contributed by atoms with Gasteiger partial charge in [0, 0.05) is 10.2 Å². The molecule has 94 valence electrons. The van der Waals surface area contributed by atoms with Crippen molar-refractivity contribution < 1.29 is 4.42 Å². The zero-order valence-corrected chi connectivity index (χ0v) is 11.5. The van der Waals surface area contributed by atoms with Gasteiger partial charge in [0.05, 0.1) is 10.9 Å². The van der Waals surface area contributed by atoms with Gasteiger partial charge in [0.2, 0.25) is 0 Å². The van der Waals surface area contributed by atoms with Crippen molar-refractivity contribution in [1.29, 1.82) is 0 Å². The van der Waals surface area contributed by atoms with Gasteiger partial charge in [-0.25, -0.2) is 0 Å². The van der Waals surface area contributed by atoms with Crippen LogP contribution in [0.5, 0.6) is 0 Å². The molecule has 0 saturated carbocycles. The Morgan fingerprint density at radius 1 is 1.05 bits per heavy atom. The molecule has 0 aliphatic heterocycles. The van der Waals surface area contributed by atoms with E-state index in [4.69, 9.17) is 10.2 Å². The third-order valence-corrected chi connectivity index (χ3v) is 3.45. The minimum Gasteiger partial charge on any atom is -0.463 e. The number of halogens is 1. The van der Waals surface area contributed by atoms with E-state index in [0.29, 0.717) is 22.2 Å². The van der Waals surface area contributed by atoms with Crippen molar-refractivity contribution in [2.45, 2.75) is 0 Å². The van der Waals surface area contributed by atoms with E-state index in [1.54, 1.807) is 24.3 Å². The van der Waals surface area contributed by atoms with Crippen molar-refractivity contribution in [2.75, 3.05) is 5.73 Å². The molecule has 0 unspecified atom stereocenters. The Morgan fingerprint density at radius 2 is 1.79 bits per heavy atom. The summed E-state index contributed by atoms with van der Waals surface area (Å²) in [6.07, 6.45) is 1.49. The van der Waals surface area contributed by atoms with Crippen molar-refractivity contribution in [1.82, 2.24) is 0 Å². The van der Waals surface area contributed by atoms with Crippen LogP contribution >= 0.6 is 15.9 Å². The Bertz CT molecular complexity index is 806. The maximum absolute atomic E-state index is 12.4. The Balaban J connectivity index is 2.26. The van der Waals surface area contributed by atoms with Gasteiger partial charge >= 0.3 is 0 Å². The number of nitrogens with two attached hydrogens (primary N) is 1. The van der Waals surface area contributed by atoms with Crippen LogP contribution in [0, 0.1) is 0 Å². The van der Waals surface area contributed by atoms with Crippen molar-refractivity contribution >= 4 is 32.6 Å². The highest BCUT2D eigenvalue weighted by Crippen LogP contribution is 2.22. The monoisotopic (exact) mass is 315 g/mol. The van der Waals surface area contributed by atoms with E-state index in [-0.39, 0.29) is 5.43 Å². The average molecular weight is 316 g/mol. The summed E-state index contributed by atoms with van der Waals surface area (Å²) in [4.78, 5) is 12.4. The third-order valence-electron chi connectivity index (χ3n) is 2.96. The van der Waals surface area contributed by atoms with E-state index in [1.165, 1.54) is 6.26 Å². The Morgan fingerprint density at radius 3 is 2.53 bits per heavy atom. The molecular formula is C15H10BrNO2. The van der Waals surface area contributed by atoms with Crippen LogP contribution in [0.15, 0.2) is 62.4 Å². The lowest BCUT2D eigenvalue weighted by Gasteiger charge is -2.03. The third kappa shape index (κ3) is 2.15. The lowest BCUT2D eigenvalue weighted by molar-refractivity contribution is 0.604. The maximum Gasteiger partial charge on any atom is 0.200 e. The molecule has 0 bridgehead atoms. The molecule has 3 nitrogen and oxygen atoms in total. The van der Waals surface area contributed by atoms with E-state index in [2.05, 4.69) is 15.9 Å². The number of fused-ring (bicyclic) bond motifs is 1. The molecular weight excluding hydrogens is 306 g/mol. The van der Waals surface area contributed by atoms with Gasteiger partial charge in [-0.3, -0.25) is 4.79 Å². The highest BCUT2D eigenvalue weighted by atomic mass is 79.9. The van der Waals surface area contributed by atoms with E-state index < -0.39 is 0 Å². The minimum absolute atomic E-state index is 0.0430. The number of hydrogen-bond acceptors (Lipinski definition) is 3. The standard InChI is InChI=1S/C15H10BrNO2/c16-10-3-6-12-14(7-10)19-8-13(15(12)18)9-1-4-11(17)5-2-9/h1-8H,17H2. The van der Waals surface area contributed by atoms with Gasteiger partial charge < -0.3 is 10.2 Å². The first kappa shape index (κ1) is 12.0. The largest absolute Gasteiger partial charge is 0.463 e. The highest BCUT2D eigenvalue weighted by Gasteiger charge is 2.09. The van der Waals surface area contributed by atoms with Crippen LogP contribution in [0.25, 0.3) is 22.1 Å². The quantitative estimate of drug-likeness (QED) is 0.695. The molecule has 0 aliphatic carbocycles. The number of rotatable bonds is 1. The van der Waals surface area contributed by atoms with Crippen LogP contribution < -0.4 is 11.2 Å². The lowest BCUT2D eigenvalue weighted by Crippen LogP contribution is -2.04. The molecule has 19 heavy (non-hydrogen) atoms. The number of anilines is 1. The summed E-state index contributed by atoms with van der Waals surface area (Å²) in [5.41, 5.74) is 8.17. The molecule has 2 N–H and O–H groups in total. The van der Waals surface area contributed by atoms with E-state index in [9.17, 15) is 4.79 Å². The molecule has 3 aromatic rings. The molecule has 3 rings (SSSR count). The SMILES string of the molecule is Nc1ccc(-c2coc3cc(Br)ccc3c2=O)cc1. The van der Waals surface area contributed by atoms with Gasteiger partial charge in [-0.2, -0.15) is 0 Å². The first-order valence-electron chi connectivity index (χ1n) is 5.72. The van der Waals surface area contributed by atoms with Gasteiger partial charge in [0.1, 0.15) is 11.8 Å². The van der Waals surface area contributed by atoms with Crippen LogP contribution in [0.3, 0.4) is 0 Å². The molecule has 0 spiro atoms. The van der Waals surface area contributed by atoms with Crippen LogP contribution in [0.1, 0.15) is 0 Å². The van der Waals surface area contributed by atoms with Gasteiger partial charge in [-0.15, -0.1) is 0 Å². The average Bonchev–Trinajstić information content (AvgIpc) is 2.40. The Hall–Kier alpha value is -2.07. The van der Waals surface area contributed by atoms with Crippen molar-refractivity contribution in [3.05, 3.63) is 63.4 Å². The second kappa shape index (κ2) is 4.55. The second-order valence-electron chi connectivity index (χ2n) is 4.24. The lowest BCUT2D eigenvalue weighted by atomic mass is 10.1. The summed E-state index contributed by atoms with van der Waals surface area (Å²) in [7, 11) is 0. The summed E-state index contributed by atoms with van der Waals surface area (Å²) >= 11 is 3.35. The Kier molecular flexibility index (Phi) is 2.87. The summed E-state index contributed by atoms with van der Waals surface area (Å²) in [6.45, 7) is 0. The minimum atomic E-state index is -0.0430.